The summed E-state index contributed by atoms with van der Waals surface area (Å²) in [5.74, 6) is -9.08. The summed E-state index contributed by atoms with van der Waals surface area (Å²) in [5.41, 5.74) is -5.88. The zero-order valence-electron chi connectivity index (χ0n) is 45.0. The number of carbonyl (C=O) groups is 9. The second-order valence-corrected chi connectivity index (χ2v) is 18.3. The molecule has 3 atom stereocenters. The van der Waals surface area contributed by atoms with E-state index in [0.29, 0.717) is 4.57 Å². The summed E-state index contributed by atoms with van der Waals surface area (Å²) < 4.78 is 46.8. The molecule has 1 aliphatic carbocycles. The number of esters is 9. The van der Waals surface area contributed by atoms with Crippen LogP contribution < -0.4 is 17.1 Å². The van der Waals surface area contributed by atoms with Gasteiger partial charge in [-0.05, 0) is 44.0 Å². The van der Waals surface area contributed by atoms with Gasteiger partial charge in [-0.15, -0.1) is 0 Å². The number of aliphatic hydroxyl groups is 3. The lowest BCUT2D eigenvalue weighted by Gasteiger charge is -2.20. The first-order valence-corrected chi connectivity index (χ1v) is 25.2. The standard InChI is InChI=1S/C54H63N3O24/c1-31(2)43(61)73-19-22-76-46(64)37-13-7-10-16-40(37)49(67)79-28-34(58)25-55-52(70)56(26-35(59)29-80-50(68)41-17-11-8-14-38(41)47(65)77-23-20-74-44(62)32(3)4)54(72)57(53(55)71)27-36(60)30-81-51(69)42-18-12-9-15-39(42)48(66)78-24-21-75-45(63)33(5)6/h7-9,11-15,17-18,32-36,58-60H,1,10,16,19-30H2,2-6H3. The molecule has 27 heteroatoms. The monoisotopic (exact) mass is 1140 g/mol. The summed E-state index contributed by atoms with van der Waals surface area (Å²) in [7, 11) is 0. The quantitative estimate of drug-likeness (QED) is 0.0355. The van der Waals surface area contributed by atoms with Gasteiger partial charge in [0.05, 0.1) is 64.9 Å². The van der Waals surface area contributed by atoms with Crippen LogP contribution >= 0.6 is 0 Å². The molecule has 4 rings (SSSR count). The Morgan fingerprint density at radius 3 is 1.16 bits per heavy atom. The van der Waals surface area contributed by atoms with Crippen LogP contribution in [0.2, 0.25) is 0 Å². The van der Waals surface area contributed by atoms with Gasteiger partial charge < -0.3 is 58.0 Å². The SMILES string of the molecule is C=C(C)C(=O)OCCOC(=O)C1=C(C(=O)OCC(O)Cn2c(=O)n(CC(O)COC(=O)c3ccccc3C(=O)OCCOC(=O)C(C)C)c(=O)n(CC(O)COC(=O)c3ccccc3C(=O)OCCOC(=O)C(C)C)c2=O)CCC=C1. The number of carbonyl (C=O) groups excluding carboxylic acids is 9. The largest absolute Gasteiger partial charge is 0.462 e. The topological polar surface area (TPSA) is 363 Å². The van der Waals surface area contributed by atoms with E-state index in [2.05, 4.69) is 6.58 Å². The third kappa shape index (κ3) is 19.5. The first-order valence-electron chi connectivity index (χ1n) is 25.2. The van der Waals surface area contributed by atoms with Gasteiger partial charge in [-0.3, -0.25) is 9.59 Å². The van der Waals surface area contributed by atoms with Crippen LogP contribution in [0.3, 0.4) is 0 Å². The van der Waals surface area contributed by atoms with E-state index in [1.165, 1.54) is 61.5 Å². The maximum Gasteiger partial charge on any atom is 0.339 e. The van der Waals surface area contributed by atoms with E-state index in [-0.39, 0.29) is 101 Å². The summed E-state index contributed by atoms with van der Waals surface area (Å²) in [5, 5.41) is 33.2. The summed E-state index contributed by atoms with van der Waals surface area (Å²) in [4.78, 5) is 155. The summed E-state index contributed by atoms with van der Waals surface area (Å²) in [6, 6.07) is 10.4. The Labute approximate surface area is 461 Å². The molecule has 438 valence electrons. The molecular formula is C54H63N3O24. The fourth-order valence-corrected chi connectivity index (χ4v) is 6.96. The van der Waals surface area contributed by atoms with Gasteiger partial charge in [0.2, 0.25) is 0 Å². The summed E-state index contributed by atoms with van der Waals surface area (Å²) in [6.07, 6.45) is -2.59. The molecule has 27 nitrogen and oxygen atoms in total. The predicted octanol–water partition coefficient (Wildman–Crippen LogP) is 0.533. The lowest BCUT2D eigenvalue weighted by molar-refractivity contribution is -0.149. The van der Waals surface area contributed by atoms with Crippen molar-refractivity contribution in [2.24, 2.45) is 11.8 Å². The minimum Gasteiger partial charge on any atom is -0.462 e. The molecule has 2 aromatic carbocycles. The van der Waals surface area contributed by atoms with Crippen LogP contribution in [0.15, 0.2) is 98.4 Å². The smallest absolute Gasteiger partial charge is 0.339 e. The number of allylic oxidation sites excluding steroid dienone is 1. The Kier molecular flexibility index (Phi) is 25.3. The van der Waals surface area contributed by atoms with E-state index in [1.807, 2.05) is 0 Å². The van der Waals surface area contributed by atoms with E-state index >= 15 is 0 Å². The molecule has 81 heavy (non-hydrogen) atoms. The Bertz CT molecular complexity index is 2920. The van der Waals surface area contributed by atoms with Crippen molar-refractivity contribution in [2.75, 3.05) is 59.5 Å². The Morgan fingerprint density at radius 1 is 0.481 bits per heavy atom. The molecule has 1 heterocycles. The molecule has 0 aliphatic heterocycles. The van der Waals surface area contributed by atoms with Crippen LogP contribution in [0, 0.1) is 11.8 Å². The van der Waals surface area contributed by atoms with Crippen molar-refractivity contribution in [2.45, 2.75) is 85.4 Å². The zero-order chi connectivity index (χ0) is 59.9. The molecule has 0 amide bonds. The molecule has 3 unspecified atom stereocenters. The molecule has 0 spiro atoms. The van der Waals surface area contributed by atoms with Gasteiger partial charge in [-0.2, -0.15) is 0 Å². The van der Waals surface area contributed by atoms with Crippen molar-refractivity contribution in [1.29, 1.82) is 0 Å². The molecule has 0 fully saturated rings. The number of rotatable bonds is 30. The van der Waals surface area contributed by atoms with Crippen LogP contribution in [0.4, 0.5) is 0 Å². The molecule has 3 aromatic rings. The third-order valence-electron chi connectivity index (χ3n) is 11.1. The van der Waals surface area contributed by atoms with Crippen molar-refractivity contribution in [3.63, 3.8) is 0 Å². The van der Waals surface area contributed by atoms with Crippen LogP contribution in [0.5, 0.6) is 0 Å². The van der Waals surface area contributed by atoms with E-state index in [0.717, 1.165) is 0 Å². The summed E-state index contributed by atoms with van der Waals surface area (Å²) in [6.45, 7) is 3.44. The van der Waals surface area contributed by atoms with Gasteiger partial charge in [0.25, 0.3) is 0 Å². The molecule has 1 aromatic heterocycles. The average Bonchev–Trinajstić information content (AvgIpc) is 3.53. The van der Waals surface area contributed by atoms with Crippen LogP contribution in [-0.4, -0.2) is 161 Å². The Balaban J connectivity index is 1.55. The van der Waals surface area contributed by atoms with Gasteiger partial charge in [0.15, 0.2) is 0 Å². The first-order chi connectivity index (χ1) is 38.4. The predicted molar refractivity (Wildman–Crippen MR) is 276 cm³/mol. The number of aromatic nitrogens is 3. The highest BCUT2D eigenvalue weighted by atomic mass is 16.6. The van der Waals surface area contributed by atoms with Crippen LogP contribution in [-0.2, 0) is 86.2 Å². The fraction of sp³-hybridized carbons (Fsp3) is 0.444. The van der Waals surface area contributed by atoms with Crippen molar-refractivity contribution < 1.29 is 101 Å². The van der Waals surface area contributed by atoms with E-state index in [1.54, 1.807) is 33.8 Å². The van der Waals surface area contributed by atoms with E-state index in [4.69, 9.17) is 42.6 Å². The fourth-order valence-electron chi connectivity index (χ4n) is 6.96. The Morgan fingerprint density at radius 2 is 0.802 bits per heavy atom. The highest BCUT2D eigenvalue weighted by molar-refractivity contribution is 6.04. The lowest BCUT2D eigenvalue weighted by Crippen LogP contribution is -2.57. The molecule has 3 N–H and O–H groups in total. The van der Waals surface area contributed by atoms with Gasteiger partial charge in [-0.1, -0.05) is 70.7 Å². The first kappa shape index (κ1) is 64.7. The average molecular weight is 1140 g/mol. The highest BCUT2D eigenvalue weighted by Gasteiger charge is 2.28. The number of benzene rings is 2. The maximum absolute atomic E-state index is 14.0. The van der Waals surface area contributed by atoms with Crippen molar-refractivity contribution in [1.82, 2.24) is 13.7 Å². The number of ether oxygens (including phenoxy) is 9. The van der Waals surface area contributed by atoms with Gasteiger partial charge in [0, 0.05) is 5.57 Å². The number of hydrogen-bond donors (Lipinski definition) is 3. The Hall–Kier alpha value is -8.82. The minimum atomic E-state index is -1.92. The van der Waals surface area contributed by atoms with Crippen molar-refractivity contribution in [3.8, 4) is 0 Å². The lowest BCUT2D eigenvalue weighted by atomic mass is 9.97. The minimum absolute atomic E-state index is 0.0137. The second-order valence-electron chi connectivity index (χ2n) is 18.3. The number of hydrogen-bond acceptors (Lipinski definition) is 24. The molecule has 0 saturated carbocycles. The number of nitrogens with zero attached hydrogens (tertiary/aromatic N) is 3. The van der Waals surface area contributed by atoms with Crippen LogP contribution in [0.1, 0.15) is 88.9 Å². The van der Waals surface area contributed by atoms with Gasteiger partial charge >= 0.3 is 70.8 Å². The van der Waals surface area contributed by atoms with Gasteiger partial charge in [-0.25, -0.2) is 61.6 Å². The molecule has 0 saturated heterocycles. The zero-order valence-corrected chi connectivity index (χ0v) is 45.0. The number of aliphatic hydroxyl groups excluding tert-OH is 3. The van der Waals surface area contributed by atoms with Crippen molar-refractivity contribution in [3.05, 3.63) is 138 Å². The highest BCUT2D eigenvalue weighted by Crippen LogP contribution is 2.22. The van der Waals surface area contributed by atoms with Gasteiger partial charge in [0.1, 0.15) is 77.8 Å². The maximum atomic E-state index is 14.0. The molecule has 0 bridgehead atoms. The second kappa shape index (κ2) is 31.7. The van der Waals surface area contributed by atoms with E-state index in [9.17, 15) is 72.9 Å². The normalized spacial score (nSPS) is 13.1. The summed E-state index contributed by atoms with van der Waals surface area (Å²) >= 11 is 0. The molecular weight excluding hydrogens is 1070 g/mol. The molecule has 0 radical (unpaired) electrons. The molecule has 1 aliphatic rings. The third-order valence-corrected chi connectivity index (χ3v) is 11.1. The van der Waals surface area contributed by atoms with Crippen molar-refractivity contribution >= 4 is 53.7 Å². The van der Waals surface area contributed by atoms with Crippen LogP contribution in [0.25, 0.3) is 0 Å². The van der Waals surface area contributed by atoms with E-state index < -0.39 is 140 Å².